The average molecular weight is 383 g/mol. The summed E-state index contributed by atoms with van der Waals surface area (Å²) in [6.45, 7) is 12.0. The summed E-state index contributed by atoms with van der Waals surface area (Å²) >= 11 is 12.8. The first-order valence-electron chi connectivity index (χ1n) is 9.01. The summed E-state index contributed by atoms with van der Waals surface area (Å²) in [6.07, 6.45) is 3.08. The fourth-order valence-corrected chi connectivity index (χ4v) is 5.27. The van der Waals surface area contributed by atoms with Gasteiger partial charge in [0.25, 0.3) is 0 Å². The molecule has 3 rings (SSSR count). The predicted molar refractivity (Wildman–Crippen MR) is 104 cm³/mol. The highest BCUT2D eigenvalue weighted by atomic mass is 35.5. The van der Waals surface area contributed by atoms with Crippen LogP contribution in [-0.2, 0) is 15.6 Å². The Bertz CT molecular complexity index is 708. The molecule has 3 nitrogen and oxygen atoms in total. The van der Waals surface area contributed by atoms with Crippen LogP contribution >= 0.6 is 23.4 Å². The fraction of sp³-hybridized carbons (Fsp3) is 0.650. The molecule has 5 heteroatoms. The molecule has 1 aromatic rings. The zero-order valence-electron chi connectivity index (χ0n) is 15.8. The number of benzene rings is 1. The molecule has 138 valence electrons. The molecule has 1 unspecified atom stereocenters. The Morgan fingerprint density at radius 3 is 2.40 bits per heavy atom. The van der Waals surface area contributed by atoms with E-state index < -0.39 is 0 Å². The lowest BCUT2D eigenvalue weighted by Crippen LogP contribution is -2.56. The van der Waals surface area contributed by atoms with E-state index in [9.17, 15) is 4.79 Å². The molecule has 2 aliphatic rings. The lowest BCUT2D eigenvalue weighted by molar-refractivity contribution is -0.121. The van der Waals surface area contributed by atoms with E-state index in [2.05, 4.69) is 45.1 Å². The topological polar surface area (TPSA) is 32.3 Å². The van der Waals surface area contributed by atoms with Gasteiger partial charge in [0.05, 0.1) is 0 Å². The molecule has 1 aliphatic heterocycles. The third kappa shape index (κ3) is 2.98. The van der Waals surface area contributed by atoms with Crippen molar-refractivity contribution in [1.82, 2.24) is 9.74 Å². The van der Waals surface area contributed by atoms with Crippen molar-refractivity contribution < 1.29 is 4.79 Å². The van der Waals surface area contributed by atoms with Gasteiger partial charge in [-0.25, -0.2) is 4.42 Å². The van der Waals surface area contributed by atoms with Crippen molar-refractivity contribution >= 4 is 29.3 Å². The minimum absolute atomic E-state index is 0.00233. The monoisotopic (exact) mass is 382 g/mol. The van der Waals surface area contributed by atoms with Gasteiger partial charge < -0.3 is 5.32 Å². The number of hydrogen-bond donors (Lipinski definition) is 1. The number of carbonyl (C=O) groups is 1. The van der Waals surface area contributed by atoms with E-state index in [-0.39, 0.29) is 22.3 Å². The molecule has 1 amide bonds. The molecular weight excluding hydrogens is 355 g/mol. The number of nitrogens with one attached hydrogen (secondary N) is 1. The van der Waals surface area contributed by atoms with Gasteiger partial charge in [-0.1, -0.05) is 24.6 Å². The van der Waals surface area contributed by atoms with Crippen LogP contribution in [0.1, 0.15) is 63.6 Å². The smallest absolute Gasteiger partial charge is 0.217 e. The fourth-order valence-electron chi connectivity index (χ4n) is 4.93. The Morgan fingerprint density at radius 1 is 1.24 bits per heavy atom. The quantitative estimate of drug-likeness (QED) is 0.750. The van der Waals surface area contributed by atoms with E-state index in [0.717, 1.165) is 42.9 Å². The normalized spacial score (nSPS) is 25.9. The van der Waals surface area contributed by atoms with Gasteiger partial charge in [-0.2, -0.15) is 0 Å². The van der Waals surface area contributed by atoms with Gasteiger partial charge in [-0.05, 0) is 80.0 Å². The Balaban J connectivity index is 2.15. The second-order valence-corrected chi connectivity index (χ2v) is 9.54. The van der Waals surface area contributed by atoms with Gasteiger partial charge in [-0.3, -0.25) is 4.79 Å². The van der Waals surface area contributed by atoms with Gasteiger partial charge >= 0.3 is 0 Å². The molecule has 1 fully saturated rings. The van der Waals surface area contributed by atoms with Crippen LogP contribution in [0.5, 0.6) is 0 Å². The number of halogens is 2. The first-order valence-corrected chi connectivity index (χ1v) is 9.73. The Kier molecular flexibility index (Phi) is 4.67. The van der Waals surface area contributed by atoms with Crippen molar-refractivity contribution in [1.29, 1.82) is 0 Å². The summed E-state index contributed by atoms with van der Waals surface area (Å²) in [5, 5.41) is 3.99. The van der Waals surface area contributed by atoms with Crippen LogP contribution < -0.4 is 5.32 Å². The largest absolute Gasteiger partial charge is 0.351 e. The maximum Gasteiger partial charge on any atom is 0.217 e. The summed E-state index contributed by atoms with van der Waals surface area (Å²) in [6, 6.07) is 4.41. The number of fused-ring (bicyclic) bond motifs is 2. The molecule has 1 aromatic carbocycles. The van der Waals surface area contributed by atoms with Crippen LogP contribution in [-0.4, -0.2) is 29.0 Å². The summed E-state index contributed by atoms with van der Waals surface area (Å²) in [4.78, 5) is 11.8. The van der Waals surface area contributed by atoms with Crippen molar-refractivity contribution in [3.63, 3.8) is 0 Å². The van der Waals surface area contributed by atoms with Crippen LogP contribution in [0.4, 0.5) is 0 Å². The molecule has 1 atom stereocenters. The van der Waals surface area contributed by atoms with E-state index in [1.165, 1.54) is 11.1 Å². The second-order valence-electron chi connectivity index (χ2n) is 8.65. The number of nitrogens with zero attached hydrogens (tertiary/aromatic N) is 1. The summed E-state index contributed by atoms with van der Waals surface area (Å²) in [5.74, 6) is 0.00233. The highest BCUT2D eigenvalue weighted by Gasteiger charge is 2.56. The molecule has 1 N–H and O–H groups in total. The maximum absolute atomic E-state index is 11.8. The highest BCUT2D eigenvalue weighted by molar-refractivity contribution is 6.31. The Hall–Kier alpha value is -0.770. The van der Waals surface area contributed by atoms with Crippen molar-refractivity contribution in [2.24, 2.45) is 0 Å². The molecule has 0 saturated carbocycles. The number of rotatable bonds is 2. The van der Waals surface area contributed by atoms with E-state index in [4.69, 9.17) is 23.4 Å². The van der Waals surface area contributed by atoms with Crippen LogP contribution in [0.3, 0.4) is 0 Å². The molecule has 1 aliphatic carbocycles. The molecule has 1 spiro atoms. The van der Waals surface area contributed by atoms with Crippen LogP contribution in [0.2, 0.25) is 5.02 Å². The summed E-state index contributed by atoms with van der Waals surface area (Å²) < 4.78 is 1.89. The molecule has 25 heavy (non-hydrogen) atoms. The minimum Gasteiger partial charge on any atom is -0.351 e. The standard InChI is InChI=1S/C20H28Cl2N2O/c1-13-10-16-15(11-17(13)21)19(5,18(3,4)23-14(2)25)12-20(16)6-8-24(22)9-7-20/h10-11H,6-9,12H2,1-5H3,(H,23,25). The van der Waals surface area contributed by atoms with Crippen LogP contribution in [0, 0.1) is 6.92 Å². The first-order chi connectivity index (χ1) is 11.5. The minimum atomic E-state index is -0.367. The average Bonchev–Trinajstić information content (AvgIpc) is 2.73. The second kappa shape index (κ2) is 6.14. The van der Waals surface area contributed by atoms with E-state index >= 15 is 0 Å². The third-order valence-corrected chi connectivity index (χ3v) is 7.44. The molecule has 0 bridgehead atoms. The number of carbonyl (C=O) groups excluding carboxylic acids is 1. The molecule has 1 heterocycles. The van der Waals surface area contributed by atoms with Crippen LogP contribution in [0.15, 0.2) is 12.1 Å². The first kappa shape index (κ1) is 19.0. The highest BCUT2D eigenvalue weighted by Crippen LogP contribution is 2.58. The molecule has 1 saturated heterocycles. The predicted octanol–water partition coefficient (Wildman–Crippen LogP) is 4.71. The van der Waals surface area contributed by atoms with Crippen molar-refractivity contribution in [2.45, 2.75) is 70.3 Å². The van der Waals surface area contributed by atoms with Gasteiger partial charge in [0, 0.05) is 36.0 Å². The number of aryl methyl sites for hydroxylation is 1. The van der Waals surface area contributed by atoms with Crippen molar-refractivity contribution in [3.05, 3.63) is 33.8 Å². The zero-order valence-corrected chi connectivity index (χ0v) is 17.3. The van der Waals surface area contributed by atoms with Gasteiger partial charge in [0.15, 0.2) is 0 Å². The van der Waals surface area contributed by atoms with E-state index in [1.807, 2.05) is 4.42 Å². The van der Waals surface area contributed by atoms with Crippen molar-refractivity contribution in [2.75, 3.05) is 13.1 Å². The zero-order chi connectivity index (χ0) is 18.6. The van der Waals surface area contributed by atoms with Gasteiger partial charge in [0.1, 0.15) is 0 Å². The van der Waals surface area contributed by atoms with Gasteiger partial charge in [0.2, 0.25) is 5.91 Å². The third-order valence-electron chi connectivity index (χ3n) is 6.69. The number of hydrogen-bond acceptors (Lipinski definition) is 2. The summed E-state index contributed by atoms with van der Waals surface area (Å²) in [5.41, 5.74) is 3.37. The lowest BCUT2D eigenvalue weighted by Gasteiger charge is -2.45. The molecule has 0 aromatic heterocycles. The van der Waals surface area contributed by atoms with Crippen LogP contribution in [0.25, 0.3) is 0 Å². The number of piperidine rings is 1. The Morgan fingerprint density at radius 2 is 1.84 bits per heavy atom. The molecular formula is C20H28Cl2N2O. The van der Waals surface area contributed by atoms with E-state index in [0.29, 0.717) is 0 Å². The number of amides is 1. The SMILES string of the molecule is CC(=O)NC(C)(C)C1(C)CC2(CCN(Cl)CC2)c2cc(C)c(Cl)cc21. The molecule has 0 radical (unpaired) electrons. The Labute approximate surface area is 161 Å². The lowest BCUT2D eigenvalue weighted by atomic mass is 9.65. The van der Waals surface area contributed by atoms with E-state index in [1.54, 1.807) is 6.92 Å². The van der Waals surface area contributed by atoms with Gasteiger partial charge in [-0.15, -0.1) is 0 Å². The summed E-state index contributed by atoms with van der Waals surface area (Å²) in [7, 11) is 0. The maximum atomic E-state index is 11.8. The van der Waals surface area contributed by atoms with Crippen molar-refractivity contribution in [3.8, 4) is 0 Å².